The average molecular weight is 304 g/mol. The third kappa shape index (κ3) is 3.20. The van der Waals surface area contributed by atoms with E-state index in [1.807, 2.05) is 33.7 Å². The van der Waals surface area contributed by atoms with Gasteiger partial charge >= 0.3 is 0 Å². The highest BCUT2D eigenvalue weighted by Gasteiger charge is 2.25. The minimum atomic E-state index is 0.200. The van der Waals surface area contributed by atoms with Gasteiger partial charge in [0.2, 0.25) is 5.91 Å². The van der Waals surface area contributed by atoms with Gasteiger partial charge in [0.1, 0.15) is 0 Å². The molecular formula is C15H20N4OS. The van der Waals surface area contributed by atoms with Crippen LogP contribution in [0.1, 0.15) is 20.3 Å². The Balaban J connectivity index is 1.63. The molecule has 112 valence electrons. The van der Waals surface area contributed by atoms with E-state index < -0.39 is 0 Å². The average Bonchev–Trinajstić information content (AvgIpc) is 2.87. The normalized spacial score (nSPS) is 22.7. The second kappa shape index (κ2) is 6.05. The van der Waals surface area contributed by atoms with Crippen LogP contribution < -0.4 is 0 Å². The van der Waals surface area contributed by atoms with Gasteiger partial charge in [-0.05, 0) is 30.4 Å². The predicted octanol–water partition coefficient (Wildman–Crippen LogP) is 2.33. The third-order valence-electron chi connectivity index (χ3n) is 3.83. The van der Waals surface area contributed by atoms with Gasteiger partial charge in [-0.25, -0.2) is 0 Å². The van der Waals surface area contributed by atoms with Crippen molar-refractivity contribution in [1.82, 2.24) is 19.5 Å². The van der Waals surface area contributed by atoms with Gasteiger partial charge in [0.25, 0.3) is 0 Å². The second-order valence-electron chi connectivity index (χ2n) is 5.94. The molecule has 1 amide bonds. The van der Waals surface area contributed by atoms with Crippen molar-refractivity contribution in [3.8, 4) is 0 Å². The SMILES string of the molecule is C[C@H]1C[C@H](C)CN(C(=O)CSc2nnc3ccccn23)C1. The van der Waals surface area contributed by atoms with Crippen LogP contribution in [-0.4, -0.2) is 44.2 Å². The molecule has 1 saturated heterocycles. The zero-order chi connectivity index (χ0) is 14.8. The molecule has 0 bridgehead atoms. The summed E-state index contributed by atoms with van der Waals surface area (Å²) < 4.78 is 1.92. The van der Waals surface area contributed by atoms with E-state index in [-0.39, 0.29) is 5.91 Å². The van der Waals surface area contributed by atoms with Crippen LogP contribution >= 0.6 is 11.8 Å². The lowest BCUT2D eigenvalue weighted by Crippen LogP contribution is -2.43. The predicted molar refractivity (Wildman–Crippen MR) is 83.2 cm³/mol. The summed E-state index contributed by atoms with van der Waals surface area (Å²) in [4.78, 5) is 14.4. The van der Waals surface area contributed by atoms with Crippen LogP contribution in [0.5, 0.6) is 0 Å². The van der Waals surface area contributed by atoms with Crippen molar-refractivity contribution < 1.29 is 4.79 Å². The van der Waals surface area contributed by atoms with Crippen molar-refractivity contribution in [2.75, 3.05) is 18.8 Å². The first-order chi connectivity index (χ1) is 10.1. The van der Waals surface area contributed by atoms with E-state index in [2.05, 4.69) is 24.0 Å². The zero-order valence-corrected chi connectivity index (χ0v) is 13.2. The summed E-state index contributed by atoms with van der Waals surface area (Å²) in [6.45, 7) is 6.19. The van der Waals surface area contributed by atoms with Crippen LogP contribution in [-0.2, 0) is 4.79 Å². The number of rotatable bonds is 3. The summed E-state index contributed by atoms with van der Waals surface area (Å²) in [6, 6.07) is 5.78. The summed E-state index contributed by atoms with van der Waals surface area (Å²) in [5.74, 6) is 1.81. The molecule has 0 saturated carbocycles. The molecule has 5 nitrogen and oxygen atoms in total. The van der Waals surface area contributed by atoms with Crippen LogP contribution in [0.25, 0.3) is 5.65 Å². The molecule has 6 heteroatoms. The highest BCUT2D eigenvalue weighted by molar-refractivity contribution is 7.99. The molecule has 2 aromatic rings. The molecule has 2 atom stereocenters. The number of hydrogen-bond acceptors (Lipinski definition) is 4. The van der Waals surface area contributed by atoms with Gasteiger partial charge in [0.05, 0.1) is 5.75 Å². The van der Waals surface area contributed by atoms with Gasteiger partial charge in [0.15, 0.2) is 10.8 Å². The third-order valence-corrected chi connectivity index (χ3v) is 4.76. The van der Waals surface area contributed by atoms with Gasteiger partial charge in [-0.2, -0.15) is 0 Å². The summed E-state index contributed by atoms with van der Waals surface area (Å²) >= 11 is 1.46. The Kier molecular flexibility index (Phi) is 4.14. The molecule has 2 aromatic heterocycles. The van der Waals surface area contributed by atoms with E-state index in [1.165, 1.54) is 18.2 Å². The second-order valence-corrected chi connectivity index (χ2v) is 6.89. The van der Waals surface area contributed by atoms with Crippen molar-refractivity contribution in [3.63, 3.8) is 0 Å². The molecule has 1 fully saturated rings. The molecule has 0 spiro atoms. The van der Waals surface area contributed by atoms with E-state index in [0.29, 0.717) is 17.6 Å². The van der Waals surface area contributed by atoms with Crippen molar-refractivity contribution >= 4 is 23.3 Å². The van der Waals surface area contributed by atoms with Crippen molar-refractivity contribution in [2.24, 2.45) is 11.8 Å². The van der Waals surface area contributed by atoms with E-state index in [1.54, 1.807) is 0 Å². The molecular weight excluding hydrogens is 284 g/mol. The fourth-order valence-corrected chi connectivity index (χ4v) is 3.83. The maximum absolute atomic E-state index is 12.4. The minimum Gasteiger partial charge on any atom is -0.341 e. The van der Waals surface area contributed by atoms with Crippen LogP contribution in [0, 0.1) is 11.8 Å². The number of piperidine rings is 1. The summed E-state index contributed by atoms with van der Waals surface area (Å²) in [5.41, 5.74) is 0.813. The molecule has 0 radical (unpaired) electrons. The fourth-order valence-electron chi connectivity index (χ4n) is 3.00. The Labute approximate surface area is 128 Å². The van der Waals surface area contributed by atoms with Crippen molar-refractivity contribution in [1.29, 1.82) is 0 Å². The zero-order valence-electron chi connectivity index (χ0n) is 12.4. The topological polar surface area (TPSA) is 50.5 Å². The van der Waals surface area contributed by atoms with Crippen LogP contribution in [0.2, 0.25) is 0 Å². The van der Waals surface area contributed by atoms with Crippen LogP contribution in [0.15, 0.2) is 29.6 Å². The first kappa shape index (κ1) is 14.4. The molecule has 0 unspecified atom stereocenters. The Bertz CT molecular complexity index is 631. The van der Waals surface area contributed by atoms with Crippen LogP contribution in [0.3, 0.4) is 0 Å². The molecule has 21 heavy (non-hydrogen) atoms. The molecule has 0 N–H and O–H groups in total. The number of carbonyl (C=O) groups excluding carboxylic acids is 1. The lowest BCUT2D eigenvalue weighted by atomic mass is 9.92. The number of aromatic nitrogens is 3. The quantitative estimate of drug-likeness (QED) is 0.817. The lowest BCUT2D eigenvalue weighted by molar-refractivity contribution is -0.130. The van der Waals surface area contributed by atoms with E-state index >= 15 is 0 Å². The molecule has 1 aliphatic heterocycles. The van der Waals surface area contributed by atoms with Gasteiger partial charge in [-0.15, -0.1) is 10.2 Å². The van der Waals surface area contributed by atoms with Gasteiger partial charge in [-0.1, -0.05) is 31.7 Å². The maximum atomic E-state index is 12.4. The van der Waals surface area contributed by atoms with Gasteiger partial charge < -0.3 is 4.90 Å². The number of nitrogens with zero attached hydrogens (tertiary/aromatic N) is 4. The summed E-state index contributed by atoms with van der Waals surface area (Å²) in [7, 11) is 0. The fraction of sp³-hybridized carbons (Fsp3) is 0.533. The molecule has 3 rings (SSSR count). The molecule has 0 aliphatic carbocycles. The Hall–Kier alpha value is -1.56. The number of pyridine rings is 1. The van der Waals surface area contributed by atoms with Crippen molar-refractivity contribution in [2.45, 2.75) is 25.4 Å². The number of thioether (sulfide) groups is 1. The highest BCUT2D eigenvalue weighted by atomic mass is 32.2. The lowest BCUT2D eigenvalue weighted by Gasteiger charge is -2.34. The smallest absolute Gasteiger partial charge is 0.233 e. The van der Waals surface area contributed by atoms with E-state index in [4.69, 9.17) is 0 Å². The number of amides is 1. The van der Waals surface area contributed by atoms with E-state index in [9.17, 15) is 4.79 Å². The number of hydrogen-bond donors (Lipinski definition) is 0. The van der Waals surface area contributed by atoms with Crippen molar-refractivity contribution in [3.05, 3.63) is 24.4 Å². The summed E-state index contributed by atoms with van der Waals surface area (Å²) in [5, 5.41) is 9.02. The molecule has 3 heterocycles. The molecule has 1 aliphatic rings. The number of fused-ring (bicyclic) bond motifs is 1. The number of carbonyl (C=O) groups is 1. The Morgan fingerprint density at radius 2 is 2.05 bits per heavy atom. The maximum Gasteiger partial charge on any atom is 0.233 e. The van der Waals surface area contributed by atoms with Crippen LogP contribution in [0.4, 0.5) is 0 Å². The van der Waals surface area contributed by atoms with Gasteiger partial charge in [0, 0.05) is 19.3 Å². The summed E-state index contributed by atoms with van der Waals surface area (Å²) in [6.07, 6.45) is 3.14. The monoisotopic (exact) mass is 304 g/mol. The Morgan fingerprint density at radius 1 is 1.29 bits per heavy atom. The first-order valence-electron chi connectivity index (χ1n) is 7.34. The highest BCUT2D eigenvalue weighted by Crippen LogP contribution is 2.23. The Morgan fingerprint density at radius 3 is 2.81 bits per heavy atom. The van der Waals surface area contributed by atoms with Gasteiger partial charge in [-0.3, -0.25) is 9.20 Å². The minimum absolute atomic E-state index is 0.200. The standard InChI is InChI=1S/C15H20N4OS/c1-11-7-12(2)9-18(8-11)14(20)10-21-15-17-16-13-5-3-4-6-19(13)15/h3-6,11-12H,7-10H2,1-2H3/t11-,12-/m0/s1. The van der Waals surface area contributed by atoms with E-state index in [0.717, 1.165) is 23.9 Å². The molecule has 0 aromatic carbocycles. The largest absolute Gasteiger partial charge is 0.341 e. The first-order valence-corrected chi connectivity index (χ1v) is 8.32. The number of likely N-dealkylation sites (tertiary alicyclic amines) is 1.